The van der Waals surface area contributed by atoms with E-state index in [1.807, 2.05) is 48.5 Å². The lowest BCUT2D eigenvalue weighted by Gasteiger charge is -2.17. The number of aryl methyl sites for hydroxylation is 1. The number of rotatable bonds is 5. The van der Waals surface area contributed by atoms with Crippen molar-refractivity contribution in [2.45, 2.75) is 13.3 Å². The first-order chi connectivity index (χ1) is 12.2. The molecular formula is C20H20N4O. The molecule has 0 aliphatic carbocycles. The zero-order valence-electron chi connectivity index (χ0n) is 14.3. The first-order valence-corrected chi connectivity index (χ1v) is 8.19. The molecule has 0 aliphatic rings. The fraction of sp³-hybridized carbons (Fsp3) is 0.150. The summed E-state index contributed by atoms with van der Waals surface area (Å²) in [5, 5.41) is 3.28. The highest BCUT2D eigenvalue weighted by molar-refractivity contribution is 6.04. The van der Waals surface area contributed by atoms with Gasteiger partial charge in [0.25, 0.3) is 5.91 Å². The van der Waals surface area contributed by atoms with Crippen molar-refractivity contribution in [2.75, 3.05) is 17.3 Å². The quantitative estimate of drug-likeness (QED) is 0.765. The Bertz CT molecular complexity index is 864. The molecule has 25 heavy (non-hydrogen) atoms. The topological polar surface area (TPSA) is 58.1 Å². The minimum absolute atomic E-state index is 0.180. The first kappa shape index (κ1) is 16.6. The fourth-order valence-electron chi connectivity index (χ4n) is 2.57. The molecule has 0 radical (unpaired) electrons. The molecular weight excluding hydrogens is 312 g/mol. The van der Waals surface area contributed by atoms with Gasteiger partial charge in [0.15, 0.2) is 0 Å². The molecule has 5 heteroatoms. The summed E-state index contributed by atoms with van der Waals surface area (Å²) >= 11 is 0. The number of aromatic nitrogens is 2. The standard InChI is InChI=1S/C20H20N4O/c1-3-15-9-7-8-12-17(15)23-19-13-18(21-14-22-19)20(25)24(2)16-10-5-4-6-11-16/h4-14H,3H2,1-2H3,(H,21,22,23). The van der Waals surface area contributed by atoms with Crippen molar-refractivity contribution in [1.29, 1.82) is 0 Å². The van der Waals surface area contributed by atoms with E-state index in [0.29, 0.717) is 11.5 Å². The summed E-state index contributed by atoms with van der Waals surface area (Å²) in [7, 11) is 1.74. The second kappa shape index (κ2) is 7.57. The van der Waals surface area contributed by atoms with Crippen LogP contribution in [0.4, 0.5) is 17.2 Å². The van der Waals surface area contributed by atoms with E-state index in [4.69, 9.17) is 0 Å². The Morgan fingerprint density at radius 3 is 2.52 bits per heavy atom. The number of carbonyl (C=O) groups excluding carboxylic acids is 1. The predicted octanol–water partition coefficient (Wildman–Crippen LogP) is 4.06. The number of para-hydroxylation sites is 2. The number of nitrogens with one attached hydrogen (secondary N) is 1. The average Bonchev–Trinajstić information content (AvgIpc) is 2.68. The molecule has 1 N–H and O–H groups in total. The smallest absolute Gasteiger partial charge is 0.276 e. The van der Waals surface area contributed by atoms with Crippen molar-refractivity contribution in [3.63, 3.8) is 0 Å². The molecule has 1 amide bonds. The number of hydrogen-bond donors (Lipinski definition) is 1. The van der Waals surface area contributed by atoms with Crippen LogP contribution < -0.4 is 10.2 Å². The van der Waals surface area contributed by atoms with E-state index in [-0.39, 0.29) is 5.91 Å². The molecule has 2 aromatic carbocycles. The van der Waals surface area contributed by atoms with Gasteiger partial charge >= 0.3 is 0 Å². The Balaban J connectivity index is 1.83. The molecule has 5 nitrogen and oxygen atoms in total. The summed E-state index contributed by atoms with van der Waals surface area (Å²) in [6.07, 6.45) is 2.32. The maximum atomic E-state index is 12.7. The van der Waals surface area contributed by atoms with Gasteiger partial charge in [-0.15, -0.1) is 0 Å². The summed E-state index contributed by atoms with van der Waals surface area (Å²) in [5.41, 5.74) is 3.34. The second-order valence-electron chi connectivity index (χ2n) is 5.62. The molecule has 0 spiro atoms. The van der Waals surface area contributed by atoms with Gasteiger partial charge in [0.2, 0.25) is 0 Å². The normalized spacial score (nSPS) is 10.3. The van der Waals surface area contributed by atoms with Crippen LogP contribution in [0, 0.1) is 0 Å². The van der Waals surface area contributed by atoms with Gasteiger partial charge in [-0.1, -0.05) is 43.3 Å². The van der Waals surface area contributed by atoms with E-state index in [1.54, 1.807) is 18.0 Å². The van der Waals surface area contributed by atoms with Crippen molar-refractivity contribution in [3.05, 3.63) is 78.2 Å². The molecule has 0 atom stereocenters. The minimum atomic E-state index is -0.180. The Kier molecular flexibility index (Phi) is 5.04. The number of amides is 1. The highest BCUT2D eigenvalue weighted by atomic mass is 16.2. The Hall–Kier alpha value is -3.21. The number of nitrogens with zero attached hydrogens (tertiary/aromatic N) is 3. The van der Waals surface area contributed by atoms with Gasteiger partial charge in [0.1, 0.15) is 17.8 Å². The van der Waals surface area contributed by atoms with Gasteiger partial charge in [-0.25, -0.2) is 9.97 Å². The van der Waals surface area contributed by atoms with E-state index in [1.165, 1.54) is 11.9 Å². The van der Waals surface area contributed by atoms with Crippen LogP contribution in [0.3, 0.4) is 0 Å². The molecule has 3 rings (SSSR count). The van der Waals surface area contributed by atoms with Crippen LogP contribution in [0.1, 0.15) is 23.0 Å². The largest absolute Gasteiger partial charge is 0.340 e. The summed E-state index contributed by atoms with van der Waals surface area (Å²) in [4.78, 5) is 22.6. The number of benzene rings is 2. The van der Waals surface area contributed by atoms with Crippen molar-refractivity contribution in [3.8, 4) is 0 Å². The van der Waals surface area contributed by atoms with Gasteiger partial charge in [-0.05, 0) is 30.2 Å². The summed E-state index contributed by atoms with van der Waals surface area (Å²) in [6.45, 7) is 2.10. The van der Waals surface area contributed by atoms with Crippen LogP contribution in [0.15, 0.2) is 67.0 Å². The monoisotopic (exact) mass is 332 g/mol. The summed E-state index contributed by atoms with van der Waals surface area (Å²) < 4.78 is 0. The van der Waals surface area contributed by atoms with Crippen LogP contribution in [-0.2, 0) is 6.42 Å². The zero-order valence-corrected chi connectivity index (χ0v) is 14.3. The SMILES string of the molecule is CCc1ccccc1Nc1cc(C(=O)N(C)c2ccccc2)ncn1. The van der Waals surface area contributed by atoms with Crippen molar-refractivity contribution < 1.29 is 4.79 Å². The van der Waals surface area contributed by atoms with Gasteiger partial charge in [0, 0.05) is 24.5 Å². The lowest BCUT2D eigenvalue weighted by atomic mass is 10.1. The third-order valence-corrected chi connectivity index (χ3v) is 4.00. The van der Waals surface area contributed by atoms with Crippen LogP contribution in [0.5, 0.6) is 0 Å². The van der Waals surface area contributed by atoms with E-state index in [9.17, 15) is 4.79 Å². The number of carbonyl (C=O) groups is 1. The highest BCUT2D eigenvalue weighted by Gasteiger charge is 2.15. The van der Waals surface area contributed by atoms with Crippen LogP contribution in [-0.4, -0.2) is 22.9 Å². The Labute approximate surface area is 147 Å². The second-order valence-corrected chi connectivity index (χ2v) is 5.62. The van der Waals surface area contributed by atoms with Gasteiger partial charge in [-0.3, -0.25) is 4.79 Å². The molecule has 1 aromatic heterocycles. The van der Waals surface area contributed by atoms with E-state index in [0.717, 1.165) is 17.8 Å². The van der Waals surface area contributed by atoms with Crippen molar-refractivity contribution >= 4 is 23.1 Å². The van der Waals surface area contributed by atoms with E-state index >= 15 is 0 Å². The van der Waals surface area contributed by atoms with Gasteiger partial charge in [0.05, 0.1) is 0 Å². The van der Waals surface area contributed by atoms with Crippen LogP contribution in [0.25, 0.3) is 0 Å². The lowest BCUT2D eigenvalue weighted by Crippen LogP contribution is -2.27. The molecule has 1 heterocycles. The van der Waals surface area contributed by atoms with Crippen molar-refractivity contribution in [2.24, 2.45) is 0 Å². The first-order valence-electron chi connectivity index (χ1n) is 8.19. The molecule has 0 fully saturated rings. The van der Waals surface area contributed by atoms with Crippen LogP contribution >= 0.6 is 0 Å². The molecule has 126 valence electrons. The fourth-order valence-corrected chi connectivity index (χ4v) is 2.57. The van der Waals surface area contributed by atoms with Crippen molar-refractivity contribution in [1.82, 2.24) is 9.97 Å². The number of anilines is 3. The predicted molar refractivity (Wildman–Crippen MR) is 100 cm³/mol. The number of hydrogen-bond acceptors (Lipinski definition) is 4. The maximum absolute atomic E-state index is 12.7. The Morgan fingerprint density at radius 1 is 1.04 bits per heavy atom. The third kappa shape index (κ3) is 3.83. The van der Waals surface area contributed by atoms with E-state index in [2.05, 4.69) is 28.3 Å². The van der Waals surface area contributed by atoms with Gasteiger partial charge in [-0.2, -0.15) is 0 Å². The average molecular weight is 332 g/mol. The minimum Gasteiger partial charge on any atom is -0.340 e. The zero-order chi connectivity index (χ0) is 17.6. The maximum Gasteiger partial charge on any atom is 0.276 e. The third-order valence-electron chi connectivity index (χ3n) is 4.00. The molecule has 0 aliphatic heterocycles. The van der Waals surface area contributed by atoms with E-state index < -0.39 is 0 Å². The molecule has 0 bridgehead atoms. The van der Waals surface area contributed by atoms with Crippen LogP contribution in [0.2, 0.25) is 0 Å². The molecule has 0 unspecified atom stereocenters. The highest BCUT2D eigenvalue weighted by Crippen LogP contribution is 2.21. The molecule has 0 saturated carbocycles. The Morgan fingerprint density at radius 2 is 1.76 bits per heavy atom. The summed E-state index contributed by atoms with van der Waals surface area (Å²) in [6, 6.07) is 19.2. The lowest BCUT2D eigenvalue weighted by molar-refractivity contribution is 0.0988. The molecule has 3 aromatic rings. The molecule has 0 saturated heterocycles. The summed E-state index contributed by atoms with van der Waals surface area (Å²) in [5.74, 6) is 0.418. The van der Waals surface area contributed by atoms with Gasteiger partial charge < -0.3 is 10.2 Å².